The van der Waals surface area contributed by atoms with Gasteiger partial charge in [-0.25, -0.2) is 5.43 Å². The molecule has 0 spiro atoms. The van der Waals surface area contributed by atoms with Crippen molar-refractivity contribution in [1.82, 2.24) is 10.7 Å². The summed E-state index contributed by atoms with van der Waals surface area (Å²) in [5.74, 6) is 3.09. The molecule has 3 aliphatic heterocycles. The standard InChI is InChI=1S/C20H28N4O2/c1-11(2)15-8-18-17(7-16(15)14-5-6-21-9-12(14)3)24-13(4)20(25)23-22-19(24)10-26-18/h7-8,11-14,21H,5-6,9-10H2,1-4H3,(H,23,25)/t12-,13+,14+/m0/s1. The number of piperidine rings is 1. The van der Waals surface area contributed by atoms with Crippen molar-refractivity contribution in [3.05, 3.63) is 23.3 Å². The molecule has 26 heavy (non-hydrogen) atoms. The first kappa shape index (κ1) is 17.3. The smallest absolute Gasteiger partial charge is 0.262 e. The van der Waals surface area contributed by atoms with Gasteiger partial charge >= 0.3 is 0 Å². The minimum atomic E-state index is -0.284. The van der Waals surface area contributed by atoms with Crippen LogP contribution in [0, 0.1) is 5.92 Å². The number of benzene rings is 1. The molecular weight excluding hydrogens is 328 g/mol. The lowest BCUT2D eigenvalue weighted by Gasteiger charge is -2.40. The summed E-state index contributed by atoms with van der Waals surface area (Å²) in [5.41, 5.74) is 6.33. The fourth-order valence-corrected chi connectivity index (χ4v) is 4.40. The molecule has 6 nitrogen and oxygen atoms in total. The molecule has 0 unspecified atom stereocenters. The van der Waals surface area contributed by atoms with Gasteiger partial charge in [-0.15, -0.1) is 0 Å². The van der Waals surface area contributed by atoms with Gasteiger partial charge < -0.3 is 15.0 Å². The second kappa shape index (κ2) is 6.58. The van der Waals surface area contributed by atoms with Gasteiger partial charge in [0.2, 0.25) is 0 Å². The normalized spacial score (nSPS) is 28.0. The summed E-state index contributed by atoms with van der Waals surface area (Å²) in [4.78, 5) is 14.2. The van der Waals surface area contributed by atoms with E-state index in [1.165, 1.54) is 11.1 Å². The predicted molar refractivity (Wildman–Crippen MR) is 103 cm³/mol. The largest absolute Gasteiger partial charge is 0.483 e. The number of hydrogen-bond acceptors (Lipinski definition) is 5. The molecule has 0 aliphatic carbocycles. The van der Waals surface area contributed by atoms with Gasteiger partial charge in [-0.05, 0) is 67.4 Å². The summed E-state index contributed by atoms with van der Waals surface area (Å²) >= 11 is 0. The highest BCUT2D eigenvalue weighted by Crippen LogP contribution is 2.43. The van der Waals surface area contributed by atoms with Crippen LogP contribution in [0.25, 0.3) is 0 Å². The second-order valence-corrected chi connectivity index (χ2v) is 8.02. The van der Waals surface area contributed by atoms with Gasteiger partial charge in [0, 0.05) is 0 Å². The Balaban J connectivity index is 1.84. The molecule has 3 heterocycles. The van der Waals surface area contributed by atoms with E-state index in [0.717, 1.165) is 36.8 Å². The lowest BCUT2D eigenvalue weighted by atomic mass is 9.78. The van der Waals surface area contributed by atoms with Crippen LogP contribution in [0.3, 0.4) is 0 Å². The van der Waals surface area contributed by atoms with Crippen molar-refractivity contribution >= 4 is 17.4 Å². The van der Waals surface area contributed by atoms with Crippen molar-refractivity contribution in [2.24, 2.45) is 11.0 Å². The number of amides is 1. The fraction of sp³-hybridized carbons (Fsp3) is 0.600. The first-order valence-corrected chi connectivity index (χ1v) is 9.64. The SMILES string of the molecule is CC(C)c1cc2c(cc1[C@@H]1CCNC[C@@H]1C)N1C(=NNC(=O)[C@H]1C)CO2. The lowest BCUT2D eigenvalue weighted by Crippen LogP contribution is -2.55. The number of rotatable bonds is 2. The summed E-state index contributed by atoms with van der Waals surface area (Å²) in [5, 5.41) is 7.70. The number of nitrogens with one attached hydrogen (secondary N) is 2. The van der Waals surface area contributed by atoms with E-state index in [0.29, 0.717) is 24.4 Å². The molecule has 140 valence electrons. The van der Waals surface area contributed by atoms with Crippen molar-refractivity contribution < 1.29 is 9.53 Å². The molecule has 0 radical (unpaired) electrons. The Morgan fingerprint density at radius 3 is 2.85 bits per heavy atom. The third-order valence-electron chi connectivity index (χ3n) is 5.93. The predicted octanol–water partition coefficient (Wildman–Crippen LogP) is 2.55. The summed E-state index contributed by atoms with van der Waals surface area (Å²) in [7, 11) is 0. The van der Waals surface area contributed by atoms with Crippen LogP contribution in [0.4, 0.5) is 5.69 Å². The molecule has 1 amide bonds. The number of carbonyl (C=O) groups is 1. The molecular formula is C20H28N4O2. The Labute approximate surface area is 155 Å². The van der Waals surface area contributed by atoms with Crippen LogP contribution in [0.1, 0.15) is 57.1 Å². The third kappa shape index (κ3) is 2.76. The summed E-state index contributed by atoms with van der Waals surface area (Å²) in [6, 6.07) is 4.18. The van der Waals surface area contributed by atoms with Crippen molar-refractivity contribution in [1.29, 1.82) is 0 Å². The van der Waals surface area contributed by atoms with Crippen LogP contribution in [-0.2, 0) is 4.79 Å². The summed E-state index contributed by atoms with van der Waals surface area (Å²) in [6.07, 6.45) is 1.14. The highest BCUT2D eigenvalue weighted by Gasteiger charge is 2.37. The zero-order valence-corrected chi connectivity index (χ0v) is 16.0. The van der Waals surface area contributed by atoms with Gasteiger partial charge in [-0.2, -0.15) is 5.10 Å². The number of anilines is 1. The number of ether oxygens (including phenoxy) is 1. The Morgan fingerprint density at radius 2 is 2.12 bits per heavy atom. The minimum Gasteiger partial charge on any atom is -0.483 e. The number of carbonyl (C=O) groups excluding carboxylic acids is 1. The van der Waals surface area contributed by atoms with Crippen LogP contribution in [0.5, 0.6) is 5.75 Å². The fourth-order valence-electron chi connectivity index (χ4n) is 4.40. The quantitative estimate of drug-likeness (QED) is 0.855. The molecule has 3 atom stereocenters. The van der Waals surface area contributed by atoms with Crippen LogP contribution in [0.2, 0.25) is 0 Å². The molecule has 1 saturated heterocycles. The average molecular weight is 356 g/mol. The molecule has 1 fully saturated rings. The maximum Gasteiger partial charge on any atom is 0.262 e. The molecule has 0 aromatic heterocycles. The van der Waals surface area contributed by atoms with Gasteiger partial charge in [-0.1, -0.05) is 20.8 Å². The van der Waals surface area contributed by atoms with E-state index in [2.05, 4.69) is 48.7 Å². The van der Waals surface area contributed by atoms with Crippen molar-refractivity contribution in [2.75, 3.05) is 24.6 Å². The van der Waals surface area contributed by atoms with Gasteiger partial charge in [0.15, 0.2) is 5.84 Å². The van der Waals surface area contributed by atoms with E-state index in [1.807, 2.05) is 11.8 Å². The maximum atomic E-state index is 12.2. The number of hydrazone groups is 1. The molecule has 1 aromatic carbocycles. The Bertz CT molecular complexity index is 758. The molecule has 2 N–H and O–H groups in total. The van der Waals surface area contributed by atoms with Crippen molar-refractivity contribution in [3.63, 3.8) is 0 Å². The third-order valence-corrected chi connectivity index (χ3v) is 5.93. The van der Waals surface area contributed by atoms with Gasteiger partial charge in [0.25, 0.3) is 5.91 Å². The monoisotopic (exact) mass is 356 g/mol. The number of fused-ring (bicyclic) bond motifs is 3. The van der Waals surface area contributed by atoms with Gasteiger partial charge in [0.05, 0.1) is 5.69 Å². The van der Waals surface area contributed by atoms with Crippen molar-refractivity contribution in [2.45, 2.75) is 52.0 Å². The van der Waals surface area contributed by atoms with Gasteiger partial charge in [0.1, 0.15) is 18.4 Å². The molecule has 0 saturated carbocycles. The van der Waals surface area contributed by atoms with E-state index in [4.69, 9.17) is 4.74 Å². The molecule has 0 bridgehead atoms. The lowest BCUT2D eigenvalue weighted by molar-refractivity contribution is -0.122. The van der Waals surface area contributed by atoms with E-state index >= 15 is 0 Å². The van der Waals surface area contributed by atoms with Crippen LogP contribution in [0.15, 0.2) is 17.2 Å². The Morgan fingerprint density at radius 1 is 1.31 bits per heavy atom. The summed E-state index contributed by atoms with van der Waals surface area (Å²) in [6.45, 7) is 11.2. The molecule has 1 aromatic rings. The molecule has 4 rings (SSSR count). The molecule has 3 aliphatic rings. The minimum absolute atomic E-state index is 0.0775. The first-order chi connectivity index (χ1) is 12.5. The Hall–Kier alpha value is -2.08. The van der Waals surface area contributed by atoms with E-state index < -0.39 is 0 Å². The zero-order valence-electron chi connectivity index (χ0n) is 16.0. The highest BCUT2D eigenvalue weighted by molar-refractivity contribution is 6.09. The number of hydrogen-bond donors (Lipinski definition) is 2. The van der Waals surface area contributed by atoms with Crippen LogP contribution < -0.4 is 20.4 Å². The highest BCUT2D eigenvalue weighted by atomic mass is 16.5. The van der Waals surface area contributed by atoms with Crippen molar-refractivity contribution in [3.8, 4) is 5.75 Å². The van der Waals surface area contributed by atoms with E-state index in [9.17, 15) is 4.79 Å². The number of amidine groups is 1. The maximum absolute atomic E-state index is 12.2. The topological polar surface area (TPSA) is 66.0 Å². The van der Waals surface area contributed by atoms with E-state index in [-0.39, 0.29) is 11.9 Å². The van der Waals surface area contributed by atoms with E-state index in [1.54, 1.807) is 0 Å². The zero-order chi connectivity index (χ0) is 18.4. The van der Waals surface area contributed by atoms with Crippen LogP contribution >= 0.6 is 0 Å². The first-order valence-electron chi connectivity index (χ1n) is 9.64. The Kier molecular flexibility index (Phi) is 4.39. The molecule has 6 heteroatoms. The average Bonchev–Trinajstić information content (AvgIpc) is 2.63. The number of nitrogens with zero attached hydrogens (tertiary/aromatic N) is 2. The van der Waals surface area contributed by atoms with Crippen LogP contribution in [-0.4, -0.2) is 37.5 Å². The second-order valence-electron chi connectivity index (χ2n) is 8.02. The summed E-state index contributed by atoms with van der Waals surface area (Å²) < 4.78 is 6.00. The van der Waals surface area contributed by atoms with Gasteiger partial charge in [-0.3, -0.25) is 4.79 Å².